The van der Waals surface area contributed by atoms with E-state index in [0.717, 1.165) is 161 Å². The van der Waals surface area contributed by atoms with Gasteiger partial charge in [-0.3, -0.25) is 9.97 Å². The van der Waals surface area contributed by atoms with E-state index in [9.17, 15) is 0 Å². The Kier molecular flexibility index (Phi) is 12.5. The minimum Gasteiger partial charge on any atom is -0.255 e. The lowest BCUT2D eigenvalue weighted by atomic mass is 9.95. The van der Waals surface area contributed by atoms with Crippen LogP contribution in [0, 0.1) is 0 Å². The molecule has 0 spiro atoms. The third-order valence-electron chi connectivity index (χ3n) is 16.6. The van der Waals surface area contributed by atoms with Gasteiger partial charge < -0.3 is 0 Å². The number of nitrogens with zero attached hydrogens (tertiary/aromatic N) is 11. The van der Waals surface area contributed by atoms with Crippen molar-refractivity contribution in [2.24, 2.45) is 0 Å². The van der Waals surface area contributed by atoms with Gasteiger partial charge in [-0.1, -0.05) is 164 Å². The fourth-order valence-corrected chi connectivity index (χ4v) is 12.2. The lowest BCUT2D eigenvalue weighted by Gasteiger charge is -2.12. The average Bonchev–Trinajstić information content (AvgIpc) is 1.57. The lowest BCUT2D eigenvalue weighted by Crippen LogP contribution is -1.94. The summed E-state index contributed by atoms with van der Waals surface area (Å²) in [6, 6.07) is 88.4. The van der Waals surface area contributed by atoms with Crippen LogP contribution in [0.25, 0.3) is 177 Å². The molecule has 18 aromatic rings. The molecule has 90 heavy (non-hydrogen) atoms. The van der Waals surface area contributed by atoms with Crippen molar-refractivity contribution in [3.63, 3.8) is 0 Å². The van der Waals surface area contributed by atoms with Gasteiger partial charge in [-0.25, -0.2) is 34.2 Å². The molecule has 9 aromatic heterocycles. The van der Waals surface area contributed by atoms with Crippen molar-refractivity contribution in [2.75, 3.05) is 0 Å². The van der Waals surface area contributed by atoms with Gasteiger partial charge >= 0.3 is 0 Å². The molecule has 0 fully saturated rings. The van der Waals surface area contributed by atoms with Crippen LogP contribution in [0.15, 0.2) is 283 Å². The quantitative estimate of drug-likeness (QED) is 0.132. The van der Waals surface area contributed by atoms with Gasteiger partial charge in [0.25, 0.3) is 0 Å². The van der Waals surface area contributed by atoms with Crippen molar-refractivity contribution >= 4 is 87.2 Å². The highest BCUT2D eigenvalue weighted by molar-refractivity contribution is 6.22. The molecule has 0 unspecified atom stereocenters. The first-order valence-corrected chi connectivity index (χ1v) is 29.4. The van der Waals surface area contributed by atoms with E-state index in [2.05, 4.69) is 188 Å². The van der Waals surface area contributed by atoms with Crippen LogP contribution in [0.5, 0.6) is 0 Å². The minimum atomic E-state index is 0.708. The monoisotopic (exact) mass is 1160 g/mol. The second-order valence-electron chi connectivity index (χ2n) is 22.0. The standard InChI is InChI=1S/C40H24N6O.C37H21N5O/c1-2-8-27(9-3-1)39-30-17-19-35-40(46-47-45-35)38(30)31-22-28(16-18-32(31)44-39)25-12-14-26(15-13-25)29-23-36(33-10-4-6-20-41-33)43-37(24-29)34-11-5-7-21-42-34;1-3-7-22(8-4-1)29-17-13-24-11-12-25-14-18-30(39-36(25)35(24)38-29)26-15-19-31-28(21-26)33-27(16-20-32-37(33)42-43-41-32)34(40-31)23-9-5-2-6-10-23/h1-24H;1-21H. The maximum atomic E-state index is 5.18. The van der Waals surface area contributed by atoms with Crippen molar-refractivity contribution < 1.29 is 9.26 Å². The third kappa shape index (κ3) is 9.25. The van der Waals surface area contributed by atoms with E-state index in [4.69, 9.17) is 34.2 Å². The van der Waals surface area contributed by atoms with Crippen molar-refractivity contribution in [3.8, 4) is 90.1 Å². The summed E-state index contributed by atoms with van der Waals surface area (Å²) in [4.78, 5) is 34.5. The third-order valence-corrected chi connectivity index (χ3v) is 16.6. The second-order valence-corrected chi connectivity index (χ2v) is 22.0. The summed E-state index contributed by atoms with van der Waals surface area (Å²) in [6.45, 7) is 0. The van der Waals surface area contributed by atoms with Crippen LogP contribution < -0.4 is 0 Å². The number of aromatic nitrogens is 11. The predicted octanol–water partition coefficient (Wildman–Crippen LogP) is 18.5. The Labute approximate surface area is 512 Å². The highest BCUT2D eigenvalue weighted by atomic mass is 16.6. The zero-order chi connectivity index (χ0) is 59.5. The molecule has 9 aromatic carbocycles. The largest absolute Gasteiger partial charge is 0.255 e. The first kappa shape index (κ1) is 51.8. The van der Waals surface area contributed by atoms with Crippen molar-refractivity contribution in [1.29, 1.82) is 0 Å². The van der Waals surface area contributed by atoms with E-state index < -0.39 is 0 Å². The number of hydrogen-bond donors (Lipinski definition) is 0. The number of hydrogen-bond acceptors (Lipinski definition) is 13. The molecule has 0 aliphatic rings. The van der Waals surface area contributed by atoms with Gasteiger partial charge in [-0.15, -0.1) is 0 Å². The summed E-state index contributed by atoms with van der Waals surface area (Å²) in [7, 11) is 0. The van der Waals surface area contributed by atoms with Gasteiger partial charge in [0, 0.05) is 77.7 Å². The van der Waals surface area contributed by atoms with Gasteiger partial charge in [0.1, 0.15) is 22.1 Å². The molecular formula is C77H45N11O2. The predicted molar refractivity (Wildman–Crippen MR) is 357 cm³/mol. The molecule has 0 aliphatic heterocycles. The lowest BCUT2D eigenvalue weighted by molar-refractivity contribution is 0.316. The van der Waals surface area contributed by atoms with Crippen LogP contribution in [0.4, 0.5) is 0 Å². The highest BCUT2D eigenvalue weighted by Gasteiger charge is 2.20. The molecule has 0 amide bonds. The van der Waals surface area contributed by atoms with Gasteiger partial charge in [-0.2, -0.15) is 0 Å². The molecule has 0 bridgehead atoms. The normalized spacial score (nSPS) is 11.6. The first-order valence-electron chi connectivity index (χ1n) is 29.4. The van der Waals surface area contributed by atoms with E-state index in [1.165, 1.54) is 0 Å². The second kappa shape index (κ2) is 21.7. The first-order chi connectivity index (χ1) is 44.6. The van der Waals surface area contributed by atoms with Crippen LogP contribution in [0.2, 0.25) is 0 Å². The summed E-state index contributed by atoms with van der Waals surface area (Å²) >= 11 is 0. The number of pyridine rings is 7. The van der Waals surface area contributed by atoms with Gasteiger partial charge in [0.15, 0.2) is 0 Å². The van der Waals surface area contributed by atoms with E-state index >= 15 is 0 Å². The summed E-state index contributed by atoms with van der Waals surface area (Å²) in [5, 5.41) is 24.9. The molecule has 0 atom stereocenters. The molecule has 0 aliphatic carbocycles. The zero-order valence-electron chi connectivity index (χ0n) is 47.7. The molecule has 9 heterocycles. The summed E-state index contributed by atoms with van der Waals surface area (Å²) < 4.78 is 10.4. The van der Waals surface area contributed by atoms with Gasteiger partial charge in [0.05, 0.1) is 67.6 Å². The summed E-state index contributed by atoms with van der Waals surface area (Å²) in [6.07, 6.45) is 3.57. The maximum absolute atomic E-state index is 5.18. The number of benzene rings is 9. The van der Waals surface area contributed by atoms with E-state index in [1.807, 2.05) is 103 Å². The Balaban J connectivity index is 0.000000139. The van der Waals surface area contributed by atoms with E-state index in [1.54, 1.807) is 12.4 Å². The minimum absolute atomic E-state index is 0.708. The topological polar surface area (TPSA) is 168 Å². The highest BCUT2D eigenvalue weighted by Crippen LogP contribution is 2.41. The Morgan fingerprint density at radius 1 is 0.222 bits per heavy atom. The van der Waals surface area contributed by atoms with E-state index in [0.29, 0.717) is 16.6 Å². The van der Waals surface area contributed by atoms with Crippen molar-refractivity contribution in [1.82, 2.24) is 55.5 Å². The van der Waals surface area contributed by atoms with Crippen LogP contribution >= 0.6 is 0 Å². The van der Waals surface area contributed by atoms with Crippen molar-refractivity contribution in [2.45, 2.75) is 0 Å². The zero-order valence-corrected chi connectivity index (χ0v) is 47.7. The molecular weight excluding hydrogens is 1110 g/mol. The Hall–Kier alpha value is -12.6. The smallest absolute Gasteiger partial charge is 0.143 e. The van der Waals surface area contributed by atoms with Crippen LogP contribution in [0.3, 0.4) is 0 Å². The molecule has 420 valence electrons. The summed E-state index contributed by atoms with van der Waals surface area (Å²) in [5.41, 5.74) is 21.6. The van der Waals surface area contributed by atoms with Gasteiger partial charge in [0.2, 0.25) is 0 Å². The number of fused-ring (bicyclic) bond motifs is 13. The molecule has 0 saturated heterocycles. The van der Waals surface area contributed by atoms with Crippen molar-refractivity contribution in [3.05, 3.63) is 273 Å². The molecule has 0 N–H and O–H groups in total. The molecule has 13 nitrogen and oxygen atoms in total. The average molecular weight is 1160 g/mol. The summed E-state index contributed by atoms with van der Waals surface area (Å²) in [5.74, 6) is 0. The van der Waals surface area contributed by atoms with Crippen LogP contribution in [-0.4, -0.2) is 55.5 Å². The van der Waals surface area contributed by atoms with Crippen LogP contribution in [-0.2, 0) is 0 Å². The Bertz CT molecular complexity index is 5720. The molecule has 0 saturated carbocycles. The fourth-order valence-electron chi connectivity index (χ4n) is 12.2. The molecule has 13 heteroatoms. The fraction of sp³-hybridized carbons (Fsp3) is 0. The Morgan fingerprint density at radius 2 is 0.644 bits per heavy atom. The van der Waals surface area contributed by atoms with E-state index in [-0.39, 0.29) is 0 Å². The Morgan fingerprint density at radius 3 is 1.14 bits per heavy atom. The molecule has 18 rings (SSSR count). The van der Waals surface area contributed by atoms with Crippen LogP contribution in [0.1, 0.15) is 0 Å². The SMILES string of the molecule is c1ccc(-c2ccc3ccc4ccc(-c5ccc6nc(-c7ccccc7)c7ccc8nonc8c7c6c5)nc4c3n2)cc1.c1ccc(-c2nc3ccc(-c4ccc(-c5cc(-c6ccccn6)nc(-c6ccccn6)c5)cc4)cc3c3c2ccc2nonc23)cc1. The molecule has 0 radical (unpaired) electrons. The number of rotatable bonds is 8. The maximum Gasteiger partial charge on any atom is 0.143 e. The van der Waals surface area contributed by atoms with Gasteiger partial charge in [-0.05, 0) is 140 Å².